The molecule has 2 aromatic carbocycles. The Bertz CT molecular complexity index is 646. The van der Waals surface area contributed by atoms with Crippen molar-refractivity contribution in [2.45, 2.75) is 19.4 Å². The molecular weight excluding hydrogens is 304 g/mol. The normalized spacial score (nSPS) is 11.6. The number of carbonyl (C=O) groups excluding carboxylic acids is 1. The summed E-state index contributed by atoms with van der Waals surface area (Å²) in [7, 11) is 1.65. The maximum absolute atomic E-state index is 12.2. The fraction of sp³-hybridized carbons (Fsp3) is 0.316. The Kier molecular flexibility index (Phi) is 6.63. The van der Waals surface area contributed by atoms with Crippen molar-refractivity contribution < 1.29 is 14.6 Å². The Hall–Kier alpha value is -2.53. The topological polar surface area (TPSA) is 61.8 Å². The lowest BCUT2D eigenvalue weighted by atomic mass is 10.2. The van der Waals surface area contributed by atoms with E-state index in [4.69, 9.17) is 9.84 Å². The number of amides is 2. The van der Waals surface area contributed by atoms with Gasteiger partial charge in [0.15, 0.2) is 0 Å². The van der Waals surface area contributed by atoms with Gasteiger partial charge in [-0.1, -0.05) is 42.5 Å². The second-order valence-corrected chi connectivity index (χ2v) is 5.65. The Morgan fingerprint density at radius 1 is 1.17 bits per heavy atom. The monoisotopic (exact) mass is 328 g/mol. The van der Waals surface area contributed by atoms with E-state index in [1.165, 1.54) is 10.5 Å². The molecule has 0 spiro atoms. The van der Waals surface area contributed by atoms with Crippen LogP contribution >= 0.6 is 0 Å². The zero-order chi connectivity index (χ0) is 17.4. The standard InChI is InChI=1S/C19H24N2O3/c1-15(14-22)21(2)19(23)20-17-10-6-7-11-18(17)24-13-12-16-8-4-3-5-9-16/h3-11,15,22H,12-14H2,1-2H3,(H,20,23). The van der Waals surface area contributed by atoms with Crippen LogP contribution in [-0.4, -0.2) is 42.3 Å². The van der Waals surface area contributed by atoms with Crippen molar-refractivity contribution in [2.24, 2.45) is 0 Å². The fourth-order valence-corrected chi connectivity index (χ4v) is 2.15. The van der Waals surface area contributed by atoms with E-state index in [0.717, 1.165) is 6.42 Å². The lowest BCUT2D eigenvalue weighted by Crippen LogP contribution is -2.40. The van der Waals surface area contributed by atoms with Crippen LogP contribution < -0.4 is 10.1 Å². The average Bonchev–Trinajstić information content (AvgIpc) is 2.62. The van der Waals surface area contributed by atoms with E-state index in [9.17, 15) is 4.79 Å². The van der Waals surface area contributed by atoms with Crippen molar-refractivity contribution in [3.63, 3.8) is 0 Å². The zero-order valence-corrected chi connectivity index (χ0v) is 14.1. The van der Waals surface area contributed by atoms with Gasteiger partial charge in [-0.15, -0.1) is 0 Å². The highest BCUT2D eigenvalue weighted by Gasteiger charge is 2.16. The number of rotatable bonds is 7. The Morgan fingerprint density at radius 3 is 2.54 bits per heavy atom. The molecule has 2 rings (SSSR count). The summed E-state index contributed by atoms with van der Waals surface area (Å²) in [6.45, 7) is 2.22. The number of benzene rings is 2. The number of para-hydroxylation sites is 2. The molecule has 1 atom stereocenters. The van der Waals surface area contributed by atoms with Gasteiger partial charge in [-0.05, 0) is 24.6 Å². The minimum absolute atomic E-state index is 0.0842. The molecule has 0 bridgehead atoms. The van der Waals surface area contributed by atoms with E-state index in [0.29, 0.717) is 18.0 Å². The third-order valence-corrected chi connectivity index (χ3v) is 3.87. The Morgan fingerprint density at radius 2 is 1.83 bits per heavy atom. The van der Waals surface area contributed by atoms with Crippen LogP contribution in [0, 0.1) is 0 Å². The Balaban J connectivity index is 1.95. The van der Waals surface area contributed by atoms with Gasteiger partial charge < -0.3 is 20.1 Å². The molecule has 128 valence electrons. The summed E-state index contributed by atoms with van der Waals surface area (Å²) in [4.78, 5) is 13.7. The van der Waals surface area contributed by atoms with Crippen LogP contribution in [0.4, 0.5) is 10.5 Å². The maximum Gasteiger partial charge on any atom is 0.322 e. The molecule has 5 heteroatoms. The molecule has 24 heavy (non-hydrogen) atoms. The summed E-state index contributed by atoms with van der Waals surface area (Å²) in [5, 5.41) is 12.0. The van der Waals surface area contributed by atoms with Gasteiger partial charge in [0, 0.05) is 13.5 Å². The van der Waals surface area contributed by atoms with Crippen LogP contribution in [-0.2, 0) is 6.42 Å². The molecule has 0 saturated heterocycles. The van der Waals surface area contributed by atoms with Crippen molar-refractivity contribution >= 4 is 11.7 Å². The molecule has 0 heterocycles. The third-order valence-electron chi connectivity index (χ3n) is 3.87. The van der Waals surface area contributed by atoms with Crippen LogP contribution in [0.3, 0.4) is 0 Å². The van der Waals surface area contributed by atoms with E-state index in [1.54, 1.807) is 20.0 Å². The summed E-state index contributed by atoms with van der Waals surface area (Å²) >= 11 is 0. The number of aliphatic hydroxyl groups is 1. The van der Waals surface area contributed by atoms with E-state index < -0.39 is 0 Å². The van der Waals surface area contributed by atoms with Crippen LogP contribution in [0.15, 0.2) is 54.6 Å². The van der Waals surface area contributed by atoms with Crippen molar-refractivity contribution in [1.82, 2.24) is 4.90 Å². The molecule has 0 fully saturated rings. The zero-order valence-electron chi connectivity index (χ0n) is 14.1. The average molecular weight is 328 g/mol. The van der Waals surface area contributed by atoms with E-state index in [2.05, 4.69) is 17.4 Å². The highest BCUT2D eigenvalue weighted by molar-refractivity contribution is 5.91. The summed E-state index contributed by atoms with van der Waals surface area (Å²) in [6.07, 6.45) is 0.796. The number of aliphatic hydroxyl groups excluding tert-OH is 1. The largest absolute Gasteiger partial charge is 0.491 e. The molecule has 2 amide bonds. The molecule has 0 radical (unpaired) electrons. The van der Waals surface area contributed by atoms with E-state index in [-0.39, 0.29) is 18.7 Å². The number of hydrogen-bond acceptors (Lipinski definition) is 3. The van der Waals surface area contributed by atoms with Crippen molar-refractivity contribution in [3.8, 4) is 5.75 Å². The molecular formula is C19H24N2O3. The number of urea groups is 1. The van der Waals surface area contributed by atoms with Crippen LogP contribution in [0.1, 0.15) is 12.5 Å². The molecule has 0 aliphatic rings. The molecule has 5 nitrogen and oxygen atoms in total. The first-order valence-electron chi connectivity index (χ1n) is 8.02. The van der Waals surface area contributed by atoms with Gasteiger partial charge in [0.1, 0.15) is 5.75 Å². The van der Waals surface area contributed by atoms with Crippen LogP contribution in [0.5, 0.6) is 5.75 Å². The molecule has 1 unspecified atom stereocenters. The lowest BCUT2D eigenvalue weighted by molar-refractivity contribution is 0.166. The number of nitrogens with zero attached hydrogens (tertiary/aromatic N) is 1. The quantitative estimate of drug-likeness (QED) is 0.821. The van der Waals surface area contributed by atoms with Gasteiger partial charge in [-0.25, -0.2) is 4.79 Å². The Labute approximate surface area is 142 Å². The minimum atomic E-state index is -0.282. The minimum Gasteiger partial charge on any atom is -0.491 e. The van der Waals surface area contributed by atoms with Crippen LogP contribution in [0.25, 0.3) is 0 Å². The van der Waals surface area contributed by atoms with Gasteiger partial charge >= 0.3 is 6.03 Å². The highest BCUT2D eigenvalue weighted by atomic mass is 16.5. The number of anilines is 1. The maximum atomic E-state index is 12.2. The van der Waals surface area contributed by atoms with Gasteiger partial charge in [0.2, 0.25) is 0 Å². The summed E-state index contributed by atoms with van der Waals surface area (Å²) in [6, 6.07) is 16.9. The van der Waals surface area contributed by atoms with Gasteiger partial charge in [0.25, 0.3) is 0 Å². The van der Waals surface area contributed by atoms with E-state index >= 15 is 0 Å². The second kappa shape index (κ2) is 8.93. The van der Waals surface area contributed by atoms with Gasteiger partial charge in [-0.3, -0.25) is 0 Å². The number of carbonyl (C=O) groups is 1. The smallest absolute Gasteiger partial charge is 0.322 e. The molecule has 0 aliphatic heterocycles. The van der Waals surface area contributed by atoms with Crippen molar-refractivity contribution in [1.29, 1.82) is 0 Å². The summed E-state index contributed by atoms with van der Waals surface area (Å²) < 4.78 is 5.83. The van der Waals surface area contributed by atoms with Crippen molar-refractivity contribution in [3.05, 3.63) is 60.2 Å². The first-order valence-corrected chi connectivity index (χ1v) is 8.02. The second-order valence-electron chi connectivity index (χ2n) is 5.65. The molecule has 2 aromatic rings. The number of hydrogen-bond donors (Lipinski definition) is 2. The first-order chi connectivity index (χ1) is 11.6. The SMILES string of the molecule is CC(CO)N(C)C(=O)Nc1ccccc1OCCc1ccccc1. The number of ether oxygens (including phenoxy) is 1. The predicted molar refractivity (Wildman–Crippen MR) is 95.4 cm³/mol. The number of likely N-dealkylation sites (N-methyl/N-ethyl adjacent to an activating group) is 1. The summed E-state index contributed by atoms with van der Waals surface area (Å²) in [5.41, 5.74) is 1.82. The fourth-order valence-electron chi connectivity index (χ4n) is 2.15. The van der Waals surface area contributed by atoms with E-state index in [1.807, 2.05) is 36.4 Å². The third kappa shape index (κ3) is 4.99. The molecule has 2 N–H and O–H groups in total. The predicted octanol–water partition coefficient (Wildman–Crippen LogP) is 3.15. The van der Waals surface area contributed by atoms with Gasteiger partial charge in [-0.2, -0.15) is 0 Å². The van der Waals surface area contributed by atoms with Crippen molar-refractivity contribution in [2.75, 3.05) is 25.6 Å². The molecule has 0 saturated carbocycles. The summed E-state index contributed by atoms with van der Waals surface area (Å²) in [5.74, 6) is 0.631. The number of nitrogens with one attached hydrogen (secondary N) is 1. The molecule has 0 aromatic heterocycles. The lowest BCUT2D eigenvalue weighted by Gasteiger charge is -2.24. The first kappa shape index (κ1) is 17.8. The highest BCUT2D eigenvalue weighted by Crippen LogP contribution is 2.24. The van der Waals surface area contributed by atoms with Crippen LogP contribution in [0.2, 0.25) is 0 Å². The molecule has 0 aliphatic carbocycles. The van der Waals surface area contributed by atoms with Gasteiger partial charge in [0.05, 0.1) is 24.9 Å².